The number of amides is 1. The van der Waals surface area contributed by atoms with E-state index in [0.717, 1.165) is 26.2 Å². The molecule has 3 rings (SSSR count). The molecule has 0 bridgehead atoms. The molecule has 0 aliphatic carbocycles. The highest BCUT2D eigenvalue weighted by Gasteiger charge is 2.17. The van der Waals surface area contributed by atoms with Crippen LogP contribution in [0.25, 0.3) is 0 Å². The molecule has 0 spiro atoms. The van der Waals surface area contributed by atoms with Crippen LogP contribution < -0.4 is 15.0 Å². The first-order valence-corrected chi connectivity index (χ1v) is 8.76. The van der Waals surface area contributed by atoms with Gasteiger partial charge in [-0.2, -0.15) is 0 Å². The maximum absolute atomic E-state index is 12.5. The Morgan fingerprint density at radius 2 is 1.88 bits per heavy atom. The van der Waals surface area contributed by atoms with Crippen LogP contribution in [-0.2, 0) is 0 Å². The van der Waals surface area contributed by atoms with Crippen molar-refractivity contribution < 1.29 is 9.53 Å². The summed E-state index contributed by atoms with van der Waals surface area (Å²) >= 11 is 3.38. The van der Waals surface area contributed by atoms with Crippen LogP contribution >= 0.6 is 15.9 Å². The van der Waals surface area contributed by atoms with Gasteiger partial charge in [0.15, 0.2) is 0 Å². The molecule has 1 aliphatic heterocycles. The monoisotopic (exact) mass is 405 g/mol. The molecule has 2 heterocycles. The van der Waals surface area contributed by atoms with E-state index < -0.39 is 0 Å². The lowest BCUT2D eigenvalue weighted by Crippen LogP contribution is -2.45. The molecule has 1 amide bonds. The predicted molar refractivity (Wildman–Crippen MR) is 100 cm³/mol. The van der Waals surface area contributed by atoms with E-state index in [-0.39, 0.29) is 5.91 Å². The zero-order chi connectivity index (χ0) is 17.8. The smallest absolute Gasteiger partial charge is 0.257 e. The molecule has 1 aromatic carbocycles. The number of carbonyl (C=O) groups excluding carboxylic acids is 1. The molecule has 132 valence electrons. The Bertz CT molecular complexity index is 745. The van der Waals surface area contributed by atoms with E-state index in [2.05, 4.69) is 48.1 Å². The van der Waals surface area contributed by atoms with Gasteiger partial charge in [0.1, 0.15) is 5.75 Å². The highest BCUT2D eigenvalue weighted by molar-refractivity contribution is 9.10. The van der Waals surface area contributed by atoms with Crippen LogP contribution in [0.5, 0.6) is 5.75 Å². The van der Waals surface area contributed by atoms with Gasteiger partial charge in [-0.25, -0.2) is 9.97 Å². The second-order valence-electron chi connectivity index (χ2n) is 5.86. The molecule has 1 fully saturated rings. The minimum absolute atomic E-state index is 0.248. The number of ether oxygens (including phenoxy) is 1. The van der Waals surface area contributed by atoms with Crippen LogP contribution in [0.2, 0.25) is 0 Å². The highest BCUT2D eigenvalue weighted by Crippen LogP contribution is 2.23. The van der Waals surface area contributed by atoms with Gasteiger partial charge in [0, 0.05) is 30.7 Å². The van der Waals surface area contributed by atoms with Gasteiger partial charge < -0.3 is 19.9 Å². The molecule has 0 unspecified atom stereocenters. The Hall–Kier alpha value is -2.19. The number of halogens is 1. The number of nitrogens with zero attached hydrogens (tertiary/aromatic N) is 4. The van der Waals surface area contributed by atoms with E-state index in [1.54, 1.807) is 37.7 Å². The van der Waals surface area contributed by atoms with Crippen LogP contribution in [0.15, 0.2) is 35.1 Å². The van der Waals surface area contributed by atoms with E-state index in [1.807, 2.05) is 0 Å². The molecule has 0 radical (unpaired) electrons. The van der Waals surface area contributed by atoms with Crippen molar-refractivity contribution in [2.75, 3.05) is 50.6 Å². The minimum Gasteiger partial charge on any atom is -0.497 e. The number of likely N-dealkylation sites (N-methyl/N-ethyl adjacent to an activating group) is 1. The molecule has 8 heteroatoms. The number of nitrogens with one attached hydrogen (secondary N) is 1. The van der Waals surface area contributed by atoms with Crippen molar-refractivity contribution in [3.63, 3.8) is 0 Å². The molecule has 0 saturated carbocycles. The second-order valence-corrected chi connectivity index (χ2v) is 6.72. The van der Waals surface area contributed by atoms with Gasteiger partial charge in [0.25, 0.3) is 5.91 Å². The van der Waals surface area contributed by atoms with Gasteiger partial charge in [-0.15, -0.1) is 0 Å². The molecule has 1 saturated heterocycles. The third-order valence-electron chi connectivity index (χ3n) is 4.10. The number of rotatable bonds is 4. The largest absolute Gasteiger partial charge is 0.497 e. The summed E-state index contributed by atoms with van der Waals surface area (Å²) in [6, 6.07) is 5.24. The summed E-state index contributed by atoms with van der Waals surface area (Å²) in [5.41, 5.74) is 1.04. The number of hydrogen-bond donors (Lipinski definition) is 1. The van der Waals surface area contributed by atoms with E-state index in [4.69, 9.17) is 4.74 Å². The standard InChI is InChI=1S/C17H20BrN5O2/c1-22-5-7-23(8-6-22)17-19-10-12(11-20-17)21-16(24)14-9-13(25-2)3-4-15(14)18/h3-4,9-11H,5-8H2,1-2H3,(H,21,24). The molecule has 25 heavy (non-hydrogen) atoms. The van der Waals surface area contributed by atoms with Crippen molar-refractivity contribution in [2.24, 2.45) is 0 Å². The van der Waals surface area contributed by atoms with Gasteiger partial charge >= 0.3 is 0 Å². The lowest BCUT2D eigenvalue weighted by Gasteiger charge is -2.32. The third-order valence-corrected chi connectivity index (χ3v) is 4.79. The van der Waals surface area contributed by atoms with Crippen molar-refractivity contribution in [1.82, 2.24) is 14.9 Å². The maximum atomic E-state index is 12.5. The minimum atomic E-state index is -0.248. The van der Waals surface area contributed by atoms with Crippen LogP contribution in [0, 0.1) is 0 Å². The fourth-order valence-electron chi connectivity index (χ4n) is 2.56. The number of carbonyl (C=O) groups is 1. The van der Waals surface area contributed by atoms with Crippen molar-refractivity contribution >= 4 is 33.5 Å². The van der Waals surface area contributed by atoms with Crippen LogP contribution in [0.3, 0.4) is 0 Å². The number of piperazine rings is 1. The average Bonchev–Trinajstić information content (AvgIpc) is 2.63. The Morgan fingerprint density at radius 3 is 2.52 bits per heavy atom. The molecule has 1 aromatic heterocycles. The number of benzene rings is 1. The van der Waals surface area contributed by atoms with E-state index in [9.17, 15) is 4.79 Å². The Morgan fingerprint density at radius 1 is 1.20 bits per heavy atom. The fraction of sp³-hybridized carbons (Fsp3) is 0.353. The maximum Gasteiger partial charge on any atom is 0.257 e. The van der Waals surface area contributed by atoms with Gasteiger partial charge in [-0.05, 0) is 41.2 Å². The normalized spacial score (nSPS) is 15.1. The number of aromatic nitrogens is 2. The molecule has 1 aliphatic rings. The molecule has 7 nitrogen and oxygen atoms in total. The lowest BCUT2D eigenvalue weighted by molar-refractivity contribution is 0.102. The summed E-state index contributed by atoms with van der Waals surface area (Å²) in [6.07, 6.45) is 3.26. The van der Waals surface area contributed by atoms with Gasteiger partial charge in [-0.1, -0.05) is 0 Å². The van der Waals surface area contributed by atoms with Gasteiger partial charge in [-0.3, -0.25) is 4.79 Å². The quantitative estimate of drug-likeness (QED) is 0.840. The second kappa shape index (κ2) is 7.79. The van der Waals surface area contributed by atoms with Crippen molar-refractivity contribution in [2.45, 2.75) is 0 Å². The lowest BCUT2D eigenvalue weighted by atomic mass is 10.2. The fourth-order valence-corrected chi connectivity index (χ4v) is 2.99. The number of anilines is 2. The van der Waals surface area contributed by atoms with Gasteiger partial charge in [0.2, 0.25) is 5.95 Å². The Labute approximate surface area is 155 Å². The van der Waals surface area contributed by atoms with Gasteiger partial charge in [0.05, 0.1) is 30.8 Å². The SMILES string of the molecule is COc1ccc(Br)c(C(=O)Nc2cnc(N3CCN(C)CC3)nc2)c1. The van der Waals surface area contributed by atoms with E-state index in [0.29, 0.717) is 27.4 Å². The molecule has 1 N–H and O–H groups in total. The summed E-state index contributed by atoms with van der Waals surface area (Å²) in [6.45, 7) is 3.79. The van der Waals surface area contributed by atoms with Crippen LogP contribution in [0.1, 0.15) is 10.4 Å². The highest BCUT2D eigenvalue weighted by atomic mass is 79.9. The Balaban J connectivity index is 1.68. The molecular formula is C17H20BrN5O2. The van der Waals surface area contributed by atoms with E-state index >= 15 is 0 Å². The topological polar surface area (TPSA) is 70.6 Å². The first-order chi connectivity index (χ1) is 12.1. The first-order valence-electron chi connectivity index (χ1n) is 7.97. The van der Waals surface area contributed by atoms with Crippen molar-refractivity contribution in [1.29, 1.82) is 0 Å². The number of hydrogen-bond acceptors (Lipinski definition) is 6. The van der Waals surface area contributed by atoms with E-state index in [1.165, 1.54) is 0 Å². The van der Waals surface area contributed by atoms with Crippen LogP contribution in [-0.4, -0.2) is 61.1 Å². The zero-order valence-electron chi connectivity index (χ0n) is 14.2. The molecule has 0 atom stereocenters. The van der Waals surface area contributed by atoms with Crippen LogP contribution in [0.4, 0.5) is 11.6 Å². The molecule has 2 aromatic rings. The summed E-state index contributed by atoms with van der Waals surface area (Å²) in [4.78, 5) is 25.6. The predicted octanol–water partition coefficient (Wildman–Crippen LogP) is 2.25. The van der Waals surface area contributed by atoms with Crippen molar-refractivity contribution in [3.05, 3.63) is 40.6 Å². The average molecular weight is 406 g/mol. The summed E-state index contributed by atoms with van der Waals surface area (Å²) < 4.78 is 5.86. The summed E-state index contributed by atoms with van der Waals surface area (Å²) in [5.74, 6) is 1.06. The summed E-state index contributed by atoms with van der Waals surface area (Å²) in [7, 11) is 3.67. The van der Waals surface area contributed by atoms with Crippen molar-refractivity contribution in [3.8, 4) is 5.75 Å². The molecular weight excluding hydrogens is 386 g/mol. The Kier molecular flexibility index (Phi) is 5.50. The zero-order valence-corrected chi connectivity index (χ0v) is 15.8. The number of methoxy groups -OCH3 is 1. The third kappa shape index (κ3) is 4.26. The first kappa shape index (κ1) is 17.6. The summed E-state index contributed by atoms with van der Waals surface area (Å²) in [5, 5.41) is 2.81.